The fourth-order valence-corrected chi connectivity index (χ4v) is 2.49. The lowest BCUT2D eigenvalue weighted by molar-refractivity contribution is 0.0600. The first-order chi connectivity index (χ1) is 9.58. The number of amides is 1. The van der Waals surface area contributed by atoms with E-state index in [2.05, 4.69) is 58.0 Å². The smallest absolute Gasteiger partial charge is 0.405 e. The monoisotopic (exact) mass is 356 g/mol. The van der Waals surface area contributed by atoms with Gasteiger partial charge in [0, 0.05) is 16.2 Å². The van der Waals surface area contributed by atoms with E-state index >= 15 is 0 Å². The van der Waals surface area contributed by atoms with Gasteiger partial charge in [0.2, 0.25) is 0 Å². The average Bonchev–Trinajstić information content (AvgIpc) is 2.28. The topological polar surface area (TPSA) is 64.3 Å². The van der Waals surface area contributed by atoms with Crippen LogP contribution in [0.3, 0.4) is 0 Å². The van der Waals surface area contributed by atoms with Crippen molar-refractivity contribution in [2.75, 3.05) is 5.32 Å². The first-order valence-electron chi connectivity index (χ1n) is 7.12. The van der Waals surface area contributed by atoms with Crippen LogP contribution in [-0.4, -0.2) is 17.7 Å². The minimum absolute atomic E-state index is 0.453. The number of halogens is 1. The predicted molar refractivity (Wildman–Crippen MR) is 90.5 cm³/mol. The van der Waals surface area contributed by atoms with Gasteiger partial charge in [0.05, 0.1) is 0 Å². The molecule has 2 atom stereocenters. The molecule has 1 aromatic rings. The fraction of sp³-hybridized carbons (Fsp3) is 0.562. The van der Waals surface area contributed by atoms with Gasteiger partial charge in [-0.2, -0.15) is 0 Å². The van der Waals surface area contributed by atoms with Gasteiger partial charge in [-0.25, -0.2) is 4.79 Å². The third-order valence-corrected chi connectivity index (χ3v) is 3.75. The molecule has 0 fully saturated rings. The Kier molecular flexibility index (Phi) is 6.08. The van der Waals surface area contributed by atoms with Crippen molar-refractivity contribution in [3.05, 3.63) is 28.2 Å². The van der Waals surface area contributed by atoms with Crippen LogP contribution in [0.15, 0.2) is 22.7 Å². The van der Waals surface area contributed by atoms with Gasteiger partial charge in [-0.05, 0) is 63.8 Å². The highest BCUT2D eigenvalue weighted by Gasteiger charge is 2.20. The first kappa shape index (κ1) is 17.8. The van der Waals surface area contributed by atoms with Gasteiger partial charge in [0.25, 0.3) is 0 Å². The van der Waals surface area contributed by atoms with Gasteiger partial charge in [0.15, 0.2) is 0 Å². The van der Waals surface area contributed by atoms with Crippen LogP contribution < -0.4 is 11.1 Å². The largest absolute Gasteiger partial charge is 0.444 e. The molecule has 0 aromatic heterocycles. The van der Waals surface area contributed by atoms with Crippen LogP contribution in [0.25, 0.3) is 0 Å². The molecule has 0 unspecified atom stereocenters. The molecule has 3 N–H and O–H groups in total. The molecule has 1 heterocycles. The Hall–Kier alpha value is -1.23. The van der Waals surface area contributed by atoms with E-state index in [1.165, 1.54) is 22.1 Å². The molecule has 0 aliphatic carbocycles. The molecule has 1 aliphatic heterocycles. The van der Waals surface area contributed by atoms with Gasteiger partial charge >= 0.3 is 6.09 Å². The lowest BCUT2D eigenvalue weighted by atomic mass is 9.90. The van der Waals surface area contributed by atoms with Gasteiger partial charge in [-0.1, -0.05) is 22.9 Å². The standard InChI is InChI=1S/C11H14BrN.C5H11NO2/c1-7-5-9-6-10(12)3-4-11(9)13-8(7)2;1-5(2,3)8-4(6)7/h3-4,6-8,13H,5H2,1-2H3;1-3H3,(H2,6,7)/t7-,8+;/m1./s1. The van der Waals surface area contributed by atoms with Crippen LogP contribution in [0, 0.1) is 5.92 Å². The molecule has 1 aliphatic rings. The molecule has 0 bridgehead atoms. The molecule has 2 rings (SSSR count). The number of nitrogens with one attached hydrogen (secondary N) is 1. The highest BCUT2D eigenvalue weighted by atomic mass is 79.9. The number of anilines is 1. The van der Waals surface area contributed by atoms with E-state index in [0.717, 1.165) is 5.92 Å². The van der Waals surface area contributed by atoms with E-state index in [4.69, 9.17) is 5.73 Å². The Morgan fingerprint density at radius 1 is 1.38 bits per heavy atom. The van der Waals surface area contributed by atoms with Crippen LogP contribution in [0.4, 0.5) is 10.5 Å². The SMILES string of the molecule is CC(C)(C)OC(N)=O.C[C@@H]1Cc2cc(Br)ccc2N[C@H]1C. The molecule has 1 amide bonds. The zero-order chi connectivity index (χ0) is 16.2. The van der Waals surface area contributed by atoms with E-state index in [0.29, 0.717) is 6.04 Å². The molecular formula is C16H25BrN2O2. The Balaban J connectivity index is 0.000000240. The molecular weight excluding hydrogens is 332 g/mol. The quantitative estimate of drug-likeness (QED) is 0.727. The van der Waals surface area contributed by atoms with Crippen LogP contribution in [0.1, 0.15) is 40.2 Å². The van der Waals surface area contributed by atoms with E-state index in [9.17, 15) is 4.79 Å². The maximum Gasteiger partial charge on any atom is 0.405 e. The zero-order valence-corrected chi connectivity index (χ0v) is 15.0. The summed E-state index contributed by atoms with van der Waals surface area (Å²) in [4.78, 5) is 10.0. The van der Waals surface area contributed by atoms with Gasteiger partial charge in [-0.15, -0.1) is 0 Å². The maximum absolute atomic E-state index is 10.0. The molecule has 0 radical (unpaired) electrons. The number of rotatable bonds is 0. The van der Waals surface area contributed by atoms with Gasteiger partial charge < -0.3 is 15.8 Å². The maximum atomic E-state index is 10.0. The third-order valence-electron chi connectivity index (χ3n) is 3.25. The molecule has 0 saturated carbocycles. The van der Waals surface area contributed by atoms with Crippen LogP contribution in [0.2, 0.25) is 0 Å². The number of hydrogen-bond acceptors (Lipinski definition) is 3. The summed E-state index contributed by atoms with van der Waals surface area (Å²) in [5.41, 5.74) is 7.00. The number of primary amides is 1. The summed E-state index contributed by atoms with van der Waals surface area (Å²) in [6.45, 7) is 9.82. The van der Waals surface area contributed by atoms with Crippen LogP contribution >= 0.6 is 15.9 Å². The highest BCUT2D eigenvalue weighted by molar-refractivity contribution is 9.10. The molecule has 21 heavy (non-hydrogen) atoms. The Morgan fingerprint density at radius 2 is 2.00 bits per heavy atom. The van der Waals surface area contributed by atoms with E-state index in [-0.39, 0.29) is 0 Å². The van der Waals surface area contributed by atoms with E-state index in [1.807, 2.05) is 0 Å². The lowest BCUT2D eigenvalue weighted by Gasteiger charge is -2.30. The van der Waals surface area contributed by atoms with Gasteiger partial charge in [0.1, 0.15) is 5.60 Å². The van der Waals surface area contributed by atoms with Crippen LogP contribution in [-0.2, 0) is 11.2 Å². The normalized spacial score (nSPS) is 20.5. The minimum Gasteiger partial charge on any atom is -0.444 e. The second kappa shape index (κ2) is 7.16. The molecule has 118 valence electrons. The first-order valence-corrected chi connectivity index (χ1v) is 7.91. The average molecular weight is 357 g/mol. The van der Waals surface area contributed by atoms with Gasteiger partial charge in [-0.3, -0.25) is 0 Å². The van der Waals surface area contributed by atoms with Crippen molar-refractivity contribution in [3.63, 3.8) is 0 Å². The zero-order valence-electron chi connectivity index (χ0n) is 13.4. The summed E-state index contributed by atoms with van der Waals surface area (Å²) in [6, 6.07) is 7.05. The van der Waals surface area contributed by atoms with E-state index in [1.54, 1.807) is 20.8 Å². The second-order valence-corrected chi connectivity index (χ2v) is 7.37. The molecule has 0 saturated heterocycles. The summed E-state index contributed by atoms with van der Waals surface area (Å²) in [6.07, 6.45) is 0.459. The summed E-state index contributed by atoms with van der Waals surface area (Å²) in [5.74, 6) is 0.724. The van der Waals surface area contributed by atoms with Crippen molar-refractivity contribution in [2.24, 2.45) is 11.7 Å². The highest BCUT2D eigenvalue weighted by Crippen LogP contribution is 2.30. The summed E-state index contributed by atoms with van der Waals surface area (Å²) >= 11 is 3.50. The van der Waals surface area contributed by atoms with Crippen molar-refractivity contribution in [3.8, 4) is 0 Å². The number of nitrogens with two attached hydrogens (primary N) is 1. The molecule has 5 heteroatoms. The van der Waals surface area contributed by atoms with Crippen molar-refractivity contribution in [1.29, 1.82) is 0 Å². The number of hydrogen-bond donors (Lipinski definition) is 2. The Labute approximate surface area is 135 Å². The Bertz CT molecular complexity index is 498. The minimum atomic E-state index is -0.725. The number of carbonyl (C=O) groups excluding carboxylic acids is 1. The number of benzene rings is 1. The molecule has 4 nitrogen and oxygen atoms in total. The van der Waals surface area contributed by atoms with Crippen molar-refractivity contribution >= 4 is 27.7 Å². The third kappa shape index (κ3) is 6.38. The van der Waals surface area contributed by atoms with E-state index < -0.39 is 11.7 Å². The summed E-state index contributed by atoms with van der Waals surface area (Å²) in [7, 11) is 0. The predicted octanol–water partition coefficient (Wildman–Crippen LogP) is 4.32. The van der Waals surface area contributed by atoms with Crippen molar-refractivity contribution < 1.29 is 9.53 Å². The fourth-order valence-electron chi connectivity index (χ4n) is 2.08. The molecule has 0 spiro atoms. The van der Waals surface area contributed by atoms with Crippen molar-refractivity contribution in [2.45, 2.75) is 52.7 Å². The van der Waals surface area contributed by atoms with Crippen molar-refractivity contribution in [1.82, 2.24) is 0 Å². The molecule has 1 aromatic carbocycles. The Morgan fingerprint density at radius 3 is 2.48 bits per heavy atom. The number of ether oxygens (including phenoxy) is 1. The summed E-state index contributed by atoms with van der Waals surface area (Å²) < 4.78 is 5.75. The number of fused-ring (bicyclic) bond motifs is 1. The second-order valence-electron chi connectivity index (χ2n) is 6.45. The summed E-state index contributed by atoms with van der Waals surface area (Å²) in [5, 5.41) is 3.52. The lowest BCUT2D eigenvalue weighted by Crippen LogP contribution is -2.30. The van der Waals surface area contributed by atoms with Crippen LogP contribution in [0.5, 0.6) is 0 Å². The number of carbonyl (C=O) groups is 1.